The van der Waals surface area contributed by atoms with E-state index in [2.05, 4.69) is 14.9 Å². The number of hydrogen-bond donors (Lipinski definition) is 3. The Morgan fingerprint density at radius 3 is 2.31 bits per heavy atom. The molecule has 0 aliphatic carbocycles. The molecule has 4 N–H and O–H groups in total. The standard InChI is InChI=1S/C24H26N4O3S/c25-24(29)23-16-20(28-14-12-26-13-15-28)8-11-22(23)19-6-9-21(10-7-19)32(30,31)27-17-18-4-2-1-3-5-18/h1-11,16,26-27H,12-15,17H2,(H2,25,29). The van der Waals surface area contributed by atoms with Crippen molar-refractivity contribution in [2.24, 2.45) is 5.73 Å². The van der Waals surface area contributed by atoms with Gasteiger partial charge in [0, 0.05) is 44.0 Å². The molecule has 166 valence electrons. The molecule has 0 saturated carbocycles. The molecule has 1 heterocycles. The molecule has 0 bridgehead atoms. The molecule has 0 spiro atoms. The van der Waals surface area contributed by atoms with Crippen LogP contribution in [0.15, 0.2) is 77.7 Å². The summed E-state index contributed by atoms with van der Waals surface area (Å²) in [5.41, 5.74) is 9.32. The van der Waals surface area contributed by atoms with Crippen molar-refractivity contribution in [3.63, 3.8) is 0 Å². The molecule has 8 heteroatoms. The lowest BCUT2D eigenvalue weighted by Crippen LogP contribution is -2.43. The molecule has 0 radical (unpaired) electrons. The number of nitrogens with two attached hydrogens (primary N) is 1. The highest BCUT2D eigenvalue weighted by Gasteiger charge is 2.18. The smallest absolute Gasteiger partial charge is 0.249 e. The van der Waals surface area contributed by atoms with Crippen LogP contribution in [0.25, 0.3) is 11.1 Å². The molecule has 0 aromatic heterocycles. The molecule has 1 amide bonds. The Bertz CT molecular complexity index is 1190. The summed E-state index contributed by atoms with van der Waals surface area (Å²) in [5, 5.41) is 3.31. The molecule has 32 heavy (non-hydrogen) atoms. The van der Waals surface area contributed by atoms with Gasteiger partial charge in [0.15, 0.2) is 0 Å². The van der Waals surface area contributed by atoms with Crippen molar-refractivity contribution >= 4 is 21.6 Å². The normalized spacial score (nSPS) is 14.3. The zero-order valence-electron chi connectivity index (χ0n) is 17.6. The minimum Gasteiger partial charge on any atom is -0.369 e. The van der Waals surface area contributed by atoms with Gasteiger partial charge in [-0.25, -0.2) is 13.1 Å². The highest BCUT2D eigenvalue weighted by molar-refractivity contribution is 7.89. The second-order valence-corrected chi connectivity index (χ2v) is 9.43. The number of primary amides is 1. The van der Waals surface area contributed by atoms with Crippen molar-refractivity contribution in [2.45, 2.75) is 11.4 Å². The Labute approximate surface area is 188 Å². The summed E-state index contributed by atoms with van der Waals surface area (Å²) in [6.07, 6.45) is 0. The van der Waals surface area contributed by atoms with E-state index in [1.54, 1.807) is 12.1 Å². The van der Waals surface area contributed by atoms with Crippen LogP contribution in [-0.2, 0) is 16.6 Å². The minimum atomic E-state index is -3.66. The number of carbonyl (C=O) groups excluding carboxylic acids is 1. The second kappa shape index (κ2) is 9.52. The lowest BCUT2D eigenvalue weighted by Gasteiger charge is -2.30. The average molecular weight is 451 g/mol. The number of carbonyl (C=O) groups is 1. The van der Waals surface area contributed by atoms with E-state index in [0.717, 1.165) is 43.0 Å². The molecule has 0 unspecified atom stereocenters. The number of sulfonamides is 1. The fourth-order valence-corrected chi connectivity index (χ4v) is 4.80. The summed E-state index contributed by atoms with van der Waals surface area (Å²) in [6, 6.07) is 21.5. The predicted octanol–water partition coefficient (Wildman–Crippen LogP) is 2.34. The van der Waals surface area contributed by atoms with Crippen molar-refractivity contribution in [1.29, 1.82) is 0 Å². The molecule has 0 atom stereocenters. The molecule has 3 aromatic rings. The van der Waals surface area contributed by atoms with E-state index < -0.39 is 15.9 Å². The SMILES string of the molecule is NC(=O)c1cc(N2CCNCC2)ccc1-c1ccc(S(=O)(=O)NCc2ccccc2)cc1. The lowest BCUT2D eigenvalue weighted by atomic mass is 9.98. The minimum absolute atomic E-state index is 0.162. The number of piperazine rings is 1. The van der Waals surface area contributed by atoms with E-state index in [1.807, 2.05) is 48.5 Å². The molecule has 3 aromatic carbocycles. The number of benzene rings is 3. The zero-order chi connectivity index (χ0) is 22.6. The third-order valence-corrected chi connectivity index (χ3v) is 6.95. The van der Waals surface area contributed by atoms with E-state index in [1.165, 1.54) is 12.1 Å². The predicted molar refractivity (Wildman–Crippen MR) is 126 cm³/mol. The molecule has 7 nitrogen and oxygen atoms in total. The van der Waals surface area contributed by atoms with Gasteiger partial charge in [0.1, 0.15) is 0 Å². The molecule has 1 aliphatic rings. The monoisotopic (exact) mass is 450 g/mol. The average Bonchev–Trinajstić information content (AvgIpc) is 2.84. The molecule has 1 aliphatic heterocycles. The van der Waals surface area contributed by atoms with Crippen molar-refractivity contribution in [1.82, 2.24) is 10.0 Å². The second-order valence-electron chi connectivity index (χ2n) is 7.67. The first-order chi connectivity index (χ1) is 15.4. The maximum absolute atomic E-state index is 12.7. The van der Waals surface area contributed by atoms with Gasteiger partial charge in [-0.15, -0.1) is 0 Å². The van der Waals surface area contributed by atoms with Gasteiger partial charge in [-0.3, -0.25) is 4.79 Å². The summed E-state index contributed by atoms with van der Waals surface area (Å²) in [4.78, 5) is 14.5. The van der Waals surface area contributed by atoms with E-state index in [0.29, 0.717) is 11.1 Å². The maximum Gasteiger partial charge on any atom is 0.249 e. The Hall–Kier alpha value is -3.20. The van der Waals surface area contributed by atoms with E-state index in [4.69, 9.17) is 5.73 Å². The summed E-state index contributed by atoms with van der Waals surface area (Å²) in [5.74, 6) is -0.516. The molecule has 1 fully saturated rings. The van der Waals surface area contributed by atoms with Crippen LogP contribution < -0.4 is 20.7 Å². The van der Waals surface area contributed by atoms with Gasteiger partial charge in [-0.1, -0.05) is 48.5 Å². The first-order valence-corrected chi connectivity index (χ1v) is 12.0. The Balaban J connectivity index is 1.56. The highest BCUT2D eigenvalue weighted by atomic mass is 32.2. The summed E-state index contributed by atoms with van der Waals surface area (Å²) >= 11 is 0. The quantitative estimate of drug-likeness (QED) is 0.513. The van der Waals surface area contributed by atoms with E-state index in [9.17, 15) is 13.2 Å². The highest BCUT2D eigenvalue weighted by Crippen LogP contribution is 2.29. The fraction of sp³-hybridized carbons (Fsp3) is 0.208. The van der Waals surface area contributed by atoms with Crippen molar-refractivity contribution < 1.29 is 13.2 Å². The summed E-state index contributed by atoms with van der Waals surface area (Å²) in [6.45, 7) is 3.72. The van der Waals surface area contributed by atoms with Gasteiger partial charge in [-0.05, 0) is 41.0 Å². The number of amides is 1. The van der Waals surface area contributed by atoms with Crippen LogP contribution in [0.5, 0.6) is 0 Å². The number of rotatable bonds is 7. The maximum atomic E-state index is 12.7. The molecular weight excluding hydrogens is 424 g/mol. The molecule has 4 rings (SSSR count). The number of anilines is 1. The lowest BCUT2D eigenvalue weighted by molar-refractivity contribution is 0.100. The van der Waals surface area contributed by atoms with Gasteiger partial charge >= 0.3 is 0 Å². The van der Waals surface area contributed by atoms with E-state index >= 15 is 0 Å². The number of nitrogens with one attached hydrogen (secondary N) is 2. The third kappa shape index (κ3) is 4.99. The van der Waals surface area contributed by atoms with Crippen molar-refractivity contribution in [2.75, 3.05) is 31.1 Å². The summed E-state index contributed by atoms with van der Waals surface area (Å²) in [7, 11) is -3.66. The van der Waals surface area contributed by atoms with Crippen LogP contribution in [0.2, 0.25) is 0 Å². The molecule has 1 saturated heterocycles. The van der Waals surface area contributed by atoms with Crippen LogP contribution in [0.1, 0.15) is 15.9 Å². The van der Waals surface area contributed by atoms with Crippen LogP contribution in [0, 0.1) is 0 Å². The van der Waals surface area contributed by atoms with Gasteiger partial charge in [0.05, 0.1) is 4.90 Å². The third-order valence-electron chi connectivity index (χ3n) is 5.54. The molecular formula is C24H26N4O3S. The first-order valence-electron chi connectivity index (χ1n) is 10.5. The largest absolute Gasteiger partial charge is 0.369 e. The van der Waals surface area contributed by atoms with Crippen LogP contribution in [0.4, 0.5) is 5.69 Å². The van der Waals surface area contributed by atoms with E-state index in [-0.39, 0.29) is 11.4 Å². The van der Waals surface area contributed by atoms with Crippen LogP contribution in [-0.4, -0.2) is 40.5 Å². The van der Waals surface area contributed by atoms with Gasteiger partial charge in [0.2, 0.25) is 15.9 Å². The van der Waals surface area contributed by atoms with Crippen LogP contribution >= 0.6 is 0 Å². The Morgan fingerprint density at radius 2 is 1.66 bits per heavy atom. The van der Waals surface area contributed by atoms with Gasteiger partial charge in [0.25, 0.3) is 0 Å². The van der Waals surface area contributed by atoms with Crippen LogP contribution in [0.3, 0.4) is 0 Å². The Kier molecular flexibility index (Phi) is 6.55. The zero-order valence-corrected chi connectivity index (χ0v) is 18.4. The van der Waals surface area contributed by atoms with Gasteiger partial charge in [-0.2, -0.15) is 0 Å². The van der Waals surface area contributed by atoms with Crippen molar-refractivity contribution in [3.05, 3.63) is 83.9 Å². The first kappa shape index (κ1) is 22.0. The summed E-state index contributed by atoms with van der Waals surface area (Å²) < 4.78 is 27.9. The Morgan fingerprint density at radius 1 is 0.969 bits per heavy atom. The topological polar surface area (TPSA) is 105 Å². The fourth-order valence-electron chi connectivity index (χ4n) is 3.78. The van der Waals surface area contributed by atoms with Crippen molar-refractivity contribution in [3.8, 4) is 11.1 Å². The number of hydrogen-bond acceptors (Lipinski definition) is 5. The number of nitrogens with zero attached hydrogens (tertiary/aromatic N) is 1. The van der Waals surface area contributed by atoms with Gasteiger partial charge < -0.3 is 16.0 Å².